The zero-order chi connectivity index (χ0) is 14.9. The lowest BCUT2D eigenvalue weighted by Crippen LogP contribution is -2.36. The minimum absolute atomic E-state index is 0.147. The minimum atomic E-state index is -2.92. The molecule has 0 radical (unpaired) electrons. The summed E-state index contributed by atoms with van der Waals surface area (Å²) in [6.07, 6.45) is 5.32. The van der Waals surface area contributed by atoms with E-state index in [9.17, 15) is 8.42 Å². The second-order valence-electron chi connectivity index (χ2n) is 5.90. The third-order valence-electron chi connectivity index (χ3n) is 4.20. The Kier molecular flexibility index (Phi) is 8.92. The van der Waals surface area contributed by atoms with E-state index in [1.807, 2.05) is 0 Å². The summed E-state index contributed by atoms with van der Waals surface area (Å²) in [6, 6.07) is 0. The summed E-state index contributed by atoms with van der Waals surface area (Å²) in [6.45, 7) is 11.9. The van der Waals surface area contributed by atoms with Gasteiger partial charge in [-0.2, -0.15) is 0 Å². The van der Waals surface area contributed by atoms with Crippen LogP contribution >= 0.6 is 0 Å². The van der Waals surface area contributed by atoms with Crippen LogP contribution in [0.2, 0.25) is 0 Å². The van der Waals surface area contributed by atoms with E-state index in [1.165, 1.54) is 12.8 Å². The molecule has 3 nitrogen and oxygen atoms in total. The van der Waals surface area contributed by atoms with Gasteiger partial charge in [0.25, 0.3) is 0 Å². The Labute approximate surface area is 120 Å². The monoisotopic (exact) mass is 291 g/mol. The third-order valence-corrected chi connectivity index (χ3v) is 6.41. The van der Waals surface area contributed by atoms with Gasteiger partial charge in [-0.15, -0.1) is 0 Å². The lowest BCUT2D eigenvalue weighted by Gasteiger charge is -2.33. The van der Waals surface area contributed by atoms with Gasteiger partial charge < -0.3 is 5.32 Å². The highest BCUT2D eigenvalue weighted by Crippen LogP contribution is 2.33. The number of nitrogens with one attached hydrogen (secondary N) is 1. The van der Waals surface area contributed by atoms with Gasteiger partial charge in [0.1, 0.15) is 0 Å². The maximum absolute atomic E-state index is 12.0. The number of rotatable bonds is 11. The molecule has 19 heavy (non-hydrogen) atoms. The van der Waals surface area contributed by atoms with Crippen molar-refractivity contribution in [2.75, 3.05) is 18.8 Å². The first-order chi connectivity index (χ1) is 8.83. The molecule has 0 rings (SSSR count). The zero-order valence-electron chi connectivity index (χ0n) is 13.5. The van der Waals surface area contributed by atoms with E-state index in [0.717, 1.165) is 32.4 Å². The Morgan fingerprint density at radius 1 is 1.11 bits per heavy atom. The van der Waals surface area contributed by atoms with E-state index in [2.05, 4.69) is 26.1 Å². The maximum Gasteiger partial charge on any atom is 0.152 e. The average Bonchev–Trinajstić information content (AvgIpc) is 2.38. The largest absolute Gasteiger partial charge is 0.316 e. The first kappa shape index (κ1) is 18.9. The van der Waals surface area contributed by atoms with E-state index in [4.69, 9.17) is 0 Å². The standard InChI is InChI=1S/C15H33NO2S/c1-6-9-10-15(7-2,13-16-8-3)11-12-19(17,18)14(4)5/h14,16H,6-13H2,1-5H3. The Morgan fingerprint density at radius 3 is 2.16 bits per heavy atom. The highest BCUT2D eigenvalue weighted by atomic mass is 32.2. The van der Waals surface area contributed by atoms with Crippen molar-refractivity contribution in [3.8, 4) is 0 Å². The van der Waals surface area contributed by atoms with Gasteiger partial charge >= 0.3 is 0 Å². The molecule has 0 saturated carbocycles. The minimum Gasteiger partial charge on any atom is -0.316 e. The Morgan fingerprint density at radius 2 is 1.74 bits per heavy atom. The summed E-state index contributed by atoms with van der Waals surface area (Å²) < 4.78 is 24.0. The van der Waals surface area contributed by atoms with Crippen LogP contribution in [0.4, 0.5) is 0 Å². The molecule has 0 saturated heterocycles. The molecule has 0 spiro atoms. The molecule has 0 aliphatic heterocycles. The van der Waals surface area contributed by atoms with Crippen molar-refractivity contribution >= 4 is 9.84 Å². The summed E-state index contributed by atoms with van der Waals surface area (Å²) in [5, 5.41) is 3.16. The second kappa shape index (κ2) is 8.96. The van der Waals surface area contributed by atoms with Crippen molar-refractivity contribution in [2.24, 2.45) is 5.41 Å². The number of hydrogen-bond acceptors (Lipinski definition) is 3. The fourth-order valence-electron chi connectivity index (χ4n) is 2.32. The van der Waals surface area contributed by atoms with Crippen molar-refractivity contribution in [3.05, 3.63) is 0 Å². The van der Waals surface area contributed by atoms with Crippen LogP contribution in [0.3, 0.4) is 0 Å². The predicted molar refractivity (Wildman–Crippen MR) is 84.3 cm³/mol. The van der Waals surface area contributed by atoms with Gasteiger partial charge in [0.05, 0.1) is 11.0 Å². The van der Waals surface area contributed by atoms with Crippen LogP contribution in [0.15, 0.2) is 0 Å². The molecular formula is C15H33NO2S. The molecule has 0 amide bonds. The molecule has 0 bridgehead atoms. The van der Waals surface area contributed by atoms with Gasteiger partial charge in [0.2, 0.25) is 0 Å². The Balaban J connectivity index is 4.72. The highest BCUT2D eigenvalue weighted by molar-refractivity contribution is 7.91. The van der Waals surface area contributed by atoms with Crippen molar-refractivity contribution in [3.63, 3.8) is 0 Å². The van der Waals surface area contributed by atoms with Crippen molar-refractivity contribution in [1.29, 1.82) is 0 Å². The van der Waals surface area contributed by atoms with E-state index in [0.29, 0.717) is 5.75 Å². The summed E-state index contributed by atoms with van der Waals surface area (Å²) in [7, 11) is -2.92. The lowest BCUT2D eigenvalue weighted by molar-refractivity contribution is 0.224. The van der Waals surface area contributed by atoms with Gasteiger partial charge in [0.15, 0.2) is 9.84 Å². The predicted octanol–water partition coefficient (Wildman–Crippen LogP) is 3.40. The van der Waals surface area contributed by atoms with Crippen LogP contribution in [0.5, 0.6) is 0 Å². The normalized spacial score (nSPS) is 15.7. The van der Waals surface area contributed by atoms with Crippen molar-refractivity contribution in [2.45, 2.75) is 72.0 Å². The summed E-state index contributed by atoms with van der Waals surface area (Å²) in [4.78, 5) is 0. The summed E-state index contributed by atoms with van der Waals surface area (Å²) in [5.74, 6) is 0.327. The molecule has 1 N–H and O–H groups in total. The van der Waals surface area contributed by atoms with Crippen LogP contribution < -0.4 is 5.32 Å². The Bertz CT molecular complexity index is 315. The first-order valence-corrected chi connectivity index (χ1v) is 9.47. The molecule has 116 valence electrons. The van der Waals surface area contributed by atoms with Gasteiger partial charge in [-0.1, -0.05) is 33.6 Å². The maximum atomic E-state index is 12.0. The molecule has 0 aliphatic rings. The quantitative estimate of drug-likeness (QED) is 0.634. The van der Waals surface area contributed by atoms with E-state index in [-0.39, 0.29) is 10.7 Å². The van der Waals surface area contributed by atoms with Crippen LogP contribution in [0.25, 0.3) is 0 Å². The van der Waals surface area contributed by atoms with E-state index >= 15 is 0 Å². The number of hydrogen-bond donors (Lipinski definition) is 1. The molecule has 0 aromatic rings. The van der Waals surface area contributed by atoms with Gasteiger partial charge in [0, 0.05) is 6.54 Å². The third kappa shape index (κ3) is 6.75. The molecular weight excluding hydrogens is 258 g/mol. The van der Waals surface area contributed by atoms with Crippen molar-refractivity contribution < 1.29 is 8.42 Å². The SMILES string of the molecule is CCCCC(CC)(CCS(=O)(=O)C(C)C)CNCC. The van der Waals surface area contributed by atoms with Crippen LogP contribution in [-0.4, -0.2) is 32.5 Å². The first-order valence-electron chi connectivity index (χ1n) is 7.76. The molecule has 0 aromatic carbocycles. The second-order valence-corrected chi connectivity index (χ2v) is 8.58. The molecule has 0 fully saturated rings. The van der Waals surface area contributed by atoms with E-state index in [1.54, 1.807) is 13.8 Å². The zero-order valence-corrected chi connectivity index (χ0v) is 14.3. The molecule has 1 unspecified atom stereocenters. The smallest absolute Gasteiger partial charge is 0.152 e. The number of unbranched alkanes of at least 4 members (excludes halogenated alkanes) is 1. The molecule has 0 aromatic heterocycles. The fraction of sp³-hybridized carbons (Fsp3) is 1.00. The van der Waals surface area contributed by atoms with Crippen LogP contribution in [-0.2, 0) is 9.84 Å². The van der Waals surface area contributed by atoms with E-state index < -0.39 is 9.84 Å². The summed E-state index contributed by atoms with van der Waals surface area (Å²) in [5.41, 5.74) is 0.147. The van der Waals surface area contributed by atoms with Gasteiger partial charge in [-0.3, -0.25) is 0 Å². The molecule has 0 aliphatic carbocycles. The van der Waals surface area contributed by atoms with Crippen molar-refractivity contribution in [1.82, 2.24) is 5.32 Å². The molecule has 4 heteroatoms. The molecule has 1 atom stereocenters. The van der Waals surface area contributed by atoms with Crippen LogP contribution in [0.1, 0.15) is 66.7 Å². The topological polar surface area (TPSA) is 46.2 Å². The lowest BCUT2D eigenvalue weighted by atomic mass is 9.77. The highest BCUT2D eigenvalue weighted by Gasteiger charge is 2.29. The average molecular weight is 292 g/mol. The van der Waals surface area contributed by atoms with Gasteiger partial charge in [-0.05, 0) is 45.1 Å². The number of sulfone groups is 1. The molecule has 0 heterocycles. The Hall–Kier alpha value is -0.0900. The summed E-state index contributed by atoms with van der Waals surface area (Å²) >= 11 is 0. The fourth-order valence-corrected chi connectivity index (χ4v) is 3.51. The van der Waals surface area contributed by atoms with Crippen LogP contribution in [0, 0.1) is 5.41 Å². The van der Waals surface area contributed by atoms with Gasteiger partial charge in [-0.25, -0.2) is 8.42 Å².